The van der Waals surface area contributed by atoms with E-state index in [1.807, 2.05) is 0 Å². The summed E-state index contributed by atoms with van der Waals surface area (Å²) in [4.78, 5) is 23.0. The summed E-state index contributed by atoms with van der Waals surface area (Å²) in [7, 11) is 1.31. The number of thiol groups is 1. The number of ether oxygens (including phenoxy) is 1. The molecule has 1 aliphatic heterocycles. The van der Waals surface area contributed by atoms with Crippen molar-refractivity contribution in [1.29, 1.82) is 0 Å². The monoisotopic (exact) mass is 286 g/mol. The molecule has 0 N–H and O–H groups in total. The Bertz CT molecular complexity index is 552. The fraction of sp³-hybridized carbons (Fsp3) is 0.364. The standard InChI is InChI=1S/C11H11FN2O4S/c1-18-10-3-7(12)8(14(16)17)4-9(10)13-5-6(19)2-11(13)15/h3-4,6,19H,2,5H2,1H3. The minimum atomic E-state index is -1.00. The molecule has 1 aromatic rings. The zero-order valence-corrected chi connectivity index (χ0v) is 10.9. The summed E-state index contributed by atoms with van der Waals surface area (Å²) in [6.07, 6.45) is 0.234. The van der Waals surface area contributed by atoms with Crippen LogP contribution in [0.3, 0.4) is 0 Å². The minimum Gasteiger partial charge on any atom is -0.494 e. The minimum absolute atomic E-state index is 0.0823. The smallest absolute Gasteiger partial charge is 0.307 e. The molecule has 1 aromatic carbocycles. The summed E-state index contributed by atoms with van der Waals surface area (Å²) in [6.45, 7) is 0.307. The zero-order chi connectivity index (χ0) is 14.2. The molecule has 0 bridgehead atoms. The number of benzene rings is 1. The number of methoxy groups -OCH3 is 1. The number of nitro benzene ring substituents is 1. The molecule has 0 saturated carbocycles. The molecule has 1 unspecified atom stereocenters. The van der Waals surface area contributed by atoms with E-state index in [2.05, 4.69) is 12.6 Å². The lowest BCUT2D eigenvalue weighted by atomic mass is 10.2. The molecule has 0 radical (unpaired) electrons. The van der Waals surface area contributed by atoms with E-state index < -0.39 is 16.4 Å². The Morgan fingerprint density at radius 3 is 2.74 bits per heavy atom. The summed E-state index contributed by atoms with van der Waals surface area (Å²) in [5, 5.41) is 10.6. The van der Waals surface area contributed by atoms with E-state index in [1.54, 1.807) is 0 Å². The van der Waals surface area contributed by atoms with Crippen LogP contribution in [0.2, 0.25) is 0 Å². The van der Waals surface area contributed by atoms with Crippen molar-refractivity contribution in [2.75, 3.05) is 18.6 Å². The van der Waals surface area contributed by atoms with Crippen molar-refractivity contribution < 1.29 is 18.8 Å². The van der Waals surface area contributed by atoms with E-state index in [1.165, 1.54) is 12.0 Å². The summed E-state index contributed by atoms with van der Waals surface area (Å²) >= 11 is 4.20. The number of rotatable bonds is 3. The summed E-state index contributed by atoms with van der Waals surface area (Å²) in [6, 6.07) is 1.92. The highest BCUT2D eigenvalue weighted by molar-refractivity contribution is 7.81. The summed E-state index contributed by atoms with van der Waals surface area (Å²) in [5.41, 5.74) is -0.497. The number of nitrogens with zero attached hydrogens (tertiary/aromatic N) is 2. The number of hydrogen-bond donors (Lipinski definition) is 1. The van der Waals surface area contributed by atoms with Crippen molar-refractivity contribution in [1.82, 2.24) is 0 Å². The van der Waals surface area contributed by atoms with Crippen LogP contribution in [-0.4, -0.2) is 29.7 Å². The molecule has 8 heteroatoms. The molecular weight excluding hydrogens is 275 g/mol. The van der Waals surface area contributed by atoms with Gasteiger partial charge in [-0.3, -0.25) is 14.9 Å². The third-order valence-electron chi connectivity index (χ3n) is 2.84. The Morgan fingerprint density at radius 1 is 1.58 bits per heavy atom. The number of carbonyl (C=O) groups excluding carboxylic acids is 1. The average Bonchev–Trinajstić information content (AvgIpc) is 2.67. The Balaban J connectivity index is 2.52. The first kappa shape index (κ1) is 13.6. The van der Waals surface area contributed by atoms with Gasteiger partial charge in [0.05, 0.1) is 17.7 Å². The largest absolute Gasteiger partial charge is 0.494 e. The molecule has 1 atom stereocenters. The number of amides is 1. The second-order valence-corrected chi connectivity index (χ2v) is 4.83. The number of halogens is 1. The second-order valence-electron chi connectivity index (χ2n) is 4.09. The predicted octanol–water partition coefficient (Wildman–Crippen LogP) is 1.78. The first-order valence-corrected chi connectivity index (χ1v) is 5.96. The molecule has 102 valence electrons. The van der Waals surface area contributed by atoms with Gasteiger partial charge in [-0.25, -0.2) is 0 Å². The molecule has 19 heavy (non-hydrogen) atoms. The number of nitro groups is 1. The summed E-state index contributed by atoms with van der Waals surface area (Å²) < 4.78 is 18.5. The van der Waals surface area contributed by atoms with Gasteiger partial charge < -0.3 is 9.64 Å². The highest BCUT2D eigenvalue weighted by atomic mass is 32.1. The van der Waals surface area contributed by atoms with Crippen molar-refractivity contribution in [2.24, 2.45) is 0 Å². The molecule has 2 rings (SSSR count). The predicted molar refractivity (Wildman–Crippen MR) is 69.4 cm³/mol. The molecule has 0 aliphatic carbocycles. The van der Waals surface area contributed by atoms with E-state index in [4.69, 9.17) is 4.74 Å². The number of hydrogen-bond acceptors (Lipinski definition) is 5. The highest BCUT2D eigenvalue weighted by Crippen LogP contribution is 2.37. The van der Waals surface area contributed by atoms with Crippen LogP contribution in [-0.2, 0) is 4.79 Å². The van der Waals surface area contributed by atoms with Crippen LogP contribution in [0, 0.1) is 15.9 Å². The van der Waals surface area contributed by atoms with E-state index >= 15 is 0 Å². The first-order valence-electron chi connectivity index (χ1n) is 5.44. The Morgan fingerprint density at radius 2 is 2.26 bits per heavy atom. The fourth-order valence-corrected chi connectivity index (χ4v) is 2.29. The van der Waals surface area contributed by atoms with Crippen LogP contribution in [0.4, 0.5) is 15.8 Å². The average molecular weight is 286 g/mol. The van der Waals surface area contributed by atoms with E-state index in [0.717, 1.165) is 12.1 Å². The van der Waals surface area contributed by atoms with Crippen LogP contribution in [0.1, 0.15) is 6.42 Å². The third kappa shape index (κ3) is 2.48. The topological polar surface area (TPSA) is 72.7 Å². The Hall–Kier alpha value is -1.83. The van der Waals surface area contributed by atoms with Gasteiger partial charge in [0.15, 0.2) is 0 Å². The first-order chi connectivity index (χ1) is 8.93. The normalized spacial score (nSPS) is 18.8. The maximum absolute atomic E-state index is 13.5. The Labute approximate surface area is 113 Å². The van der Waals surface area contributed by atoms with Gasteiger partial charge >= 0.3 is 5.69 Å². The number of anilines is 1. The highest BCUT2D eigenvalue weighted by Gasteiger charge is 2.32. The van der Waals surface area contributed by atoms with Gasteiger partial charge in [-0.05, 0) is 0 Å². The van der Waals surface area contributed by atoms with Crippen LogP contribution in [0.25, 0.3) is 0 Å². The molecule has 1 heterocycles. The zero-order valence-electron chi connectivity index (χ0n) is 10.00. The molecule has 1 saturated heterocycles. The van der Waals surface area contributed by atoms with Crippen LogP contribution >= 0.6 is 12.6 Å². The maximum Gasteiger partial charge on any atom is 0.307 e. The lowest BCUT2D eigenvalue weighted by Crippen LogP contribution is -2.25. The van der Waals surface area contributed by atoms with E-state index in [-0.39, 0.29) is 29.0 Å². The maximum atomic E-state index is 13.5. The van der Waals surface area contributed by atoms with Crippen LogP contribution in [0.15, 0.2) is 12.1 Å². The van der Waals surface area contributed by atoms with Crippen molar-refractivity contribution in [3.63, 3.8) is 0 Å². The lowest BCUT2D eigenvalue weighted by molar-refractivity contribution is -0.387. The molecule has 0 aromatic heterocycles. The molecule has 0 spiro atoms. The second kappa shape index (κ2) is 5.04. The molecule has 1 fully saturated rings. The van der Waals surface area contributed by atoms with Crippen molar-refractivity contribution in [3.05, 3.63) is 28.1 Å². The van der Waals surface area contributed by atoms with Crippen molar-refractivity contribution >= 4 is 29.9 Å². The number of carbonyl (C=O) groups is 1. The summed E-state index contributed by atoms with van der Waals surface area (Å²) in [5.74, 6) is -1.14. The molecule has 6 nitrogen and oxygen atoms in total. The van der Waals surface area contributed by atoms with Gasteiger partial charge in [-0.1, -0.05) is 0 Å². The van der Waals surface area contributed by atoms with Crippen LogP contribution < -0.4 is 9.64 Å². The lowest BCUT2D eigenvalue weighted by Gasteiger charge is -2.19. The molecule has 1 amide bonds. The molecular formula is C11H11FN2O4S. The van der Waals surface area contributed by atoms with Gasteiger partial charge in [0, 0.05) is 30.3 Å². The SMILES string of the molecule is COc1cc(F)c([N+](=O)[O-])cc1N1CC(S)CC1=O. The van der Waals surface area contributed by atoms with Gasteiger partial charge in [0.1, 0.15) is 5.75 Å². The fourth-order valence-electron chi connectivity index (χ4n) is 1.97. The quantitative estimate of drug-likeness (QED) is 0.522. The van der Waals surface area contributed by atoms with E-state index in [0.29, 0.717) is 6.54 Å². The van der Waals surface area contributed by atoms with Gasteiger partial charge in [-0.15, -0.1) is 0 Å². The third-order valence-corrected chi connectivity index (χ3v) is 3.19. The molecule has 1 aliphatic rings. The van der Waals surface area contributed by atoms with Crippen LogP contribution in [0.5, 0.6) is 5.75 Å². The Kier molecular flexibility index (Phi) is 3.61. The van der Waals surface area contributed by atoms with Gasteiger partial charge in [0.25, 0.3) is 0 Å². The van der Waals surface area contributed by atoms with Gasteiger partial charge in [-0.2, -0.15) is 17.0 Å². The van der Waals surface area contributed by atoms with Crippen molar-refractivity contribution in [3.8, 4) is 5.75 Å². The van der Waals surface area contributed by atoms with Gasteiger partial charge in [0.2, 0.25) is 11.7 Å². The van der Waals surface area contributed by atoms with Crippen molar-refractivity contribution in [2.45, 2.75) is 11.7 Å². The van der Waals surface area contributed by atoms with E-state index in [9.17, 15) is 19.3 Å².